The van der Waals surface area contributed by atoms with Crippen molar-refractivity contribution in [1.82, 2.24) is 15.1 Å². The molecule has 0 atom stereocenters. The van der Waals surface area contributed by atoms with Crippen LogP contribution in [0.1, 0.15) is 24.5 Å². The molecule has 124 valence electrons. The highest BCUT2D eigenvalue weighted by Crippen LogP contribution is 2.38. The van der Waals surface area contributed by atoms with Gasteiger partial charge in [0, 0.05) is 37.8 Å². The molecule has 2 heterocycles. The highest BCUT2D eigenvalue weighted by Gasteiger charge is 2.26. The van der Waals surface area contributed by atoms with Crippen molar-refractivity contribution in [1.29, 1.82) is 0 Å². The lowest BCUT2D eigenvalue weighted by Gasteiger charge is -2.35. The number of hydrogen-bond acceptors (Lipinski definition) is 4. The first kappa shape index (κ1) is 14.9. The van der Waals surface area contributed by atoms with Crippen molar-refractivity contribution in [3.8, 4) is 0 Å². The minimum atomic E-state index is -0.0454. The zero-order valence-corrected chi connectivity index (χ0v) is 13.6. The zero-order chi connectivity index (χ0) is 16.4. The van der Waals surface area contributed by atoms with E-state index in [0.717, 1.165) is 30.3 Å². The highest BCUT2D eigenvalue weighted by atomic mass is 16.2. The Morgan fingerprint density at radius 3 is 2.33 bits per heavy atom. The number of amides is 2. The molecule has 1 N–H and O–H groups in total. The molecule has 2 aromatic rings. The topological polar surface area (TPSA) is 61.4 Å². The van der Waals surface area contributed by atoms with Gasteiger partial charge in [0.15, 0.2) is 5.82 Å². The van der Waals surface area contributed by atoms with Crippen LogP contribution >= 0.6 is 0 Å². The standard InChI is InChI=1S/C18H21N5O/c24-18(19-15-4-2-1-3-5-15)23-12-10-22(11-13-23)17-9-8-16(20-21-17)14-6-7-14/h1-5,8-9,14H,6-7,10-13H2,(H,19,24). The van der Waals surface area contributed by atoms with E-state index >= 15 is 0 Å². The van der Waals surface area contributed by atoms with Crippen molar-refractivity contribution in [2.75, 3.05) is 36.4 Å². The van der Waals surface area contributed by atoms with Crippen LogP contribution in [0.25, 0.3) is 0 Å². The molecule has 2 aliphatic rings. The molecule has 6 nitrogen and oxygen atoms in total. The van der Waals surface area contributed by atoms with E-state index in [4.69, 9.17) is 0 Å². The Labute approximate surface area is 141 Å². The maximum atomic E-state index is 12.3. The fourth-order valence-corrected chi connectivity index (χ4v) is 2.96. The Morgan fingerprint density at radius 2 is 1.71 bits per heavy atom. The lowest BCUT2D eigenvalue weighted by atomic mass is 10.2. The number of benzene rings is 1. The van der Waals surface area contributed by atoms with Crippen LogP contribution in [0.3, 0.4) is 0 Å². The predicted octanol–water partition coefficient (Wildman–Crippen LogP) is 2.71. The second-order valence-electron chi connectivity index (χ2n) is 6.36. The van der Waals surface area contributed by atoms with E-state index in [9.17, 15) is 4.79 Å². The van der Waals surface area contributed by atoms with Crippen molar-refractivity contribution in [3.05, 3.63) is 48.2 Å². The molecule has 24 heavy (non-hydrogen) atoms. The van der Waals surface area contributed by atoms with E-state index in [2.05, 4.69) is 32.5 Å². The van der Waals surface area contributed by atoms with Gasteiger partial charge in [-0.2, -0.15) is 5.10 Å². The normalized spacial score (nSPS) is 17.7. The Bertz CT molecular complexity index is 691. The van der Waals surface area contributed by atoms with Crippen LogP contribution in [0.2, 0.25) is 0 Å². The van der Waals surface area contributed by atoms with Gasteiger partial charge < -0.3 is 15.1 Å². The molecule has 4 rings (SSSR count). The summed E-state index contributed by atoms with van der Waals surface area (Å²) >= 11 is 0. The summed E-state index contributed by atoms with van der Waals surface area (Å²) in [5.74, 6) is 1.53. The summed E-state index contributed by atoms with van der Waals surface area (Å²) in [5, 5.41) is 11.6. The third-order valence-electron chi connectivity index (χ3n) is 4.58. The fraction of sp³-hybridized carbons (Fsp3) is 0.389. The second kappa shape index (κ2) is 6.47. The molecule has 0 bridgehead atoms. The van der Waals surface area contributed by atoms with E-state index in [-0.39, 0.29) is 6.03 Å². The minimum Gasteiger partial charge on any atom is -0.352 e. The van der Waals surface area contributed by atoms with Gasteiger partial charge in [-0.05, 0) is 37.1 Å². The number of para-hydroxylation sites is 1. The summed E-state index contributed by atoms with van der Waals surface area (Å²) in [5.41, 5.74) is 1.94. The van der Waals surface area contributed by atoms with Gasteiger partial charge >= 0.3 is 6.03 Å². The molecular formula is C18H21N5O. The number of anilines is 2. The van der Waals surface area contributed by atoms with Gasteiger partial charge in [-0.15, -0.1) is 5.10 Å². The number of rotatable bonds is 3. The van der Waals surface area contributed by atoms with E-state index in [1.54, 1.807) is 0 Å². The van der Waals surface area contributed by atoms with Crippen molar-refractivity contribution < 1.29 is 4.79 Å². The van der Waals surface area contributed by atoms with Gasteiger partial charge in [0.1, 0.15) is 0 Å². The Kier molecular flexibility index (Phi) is 4.02. The van der Waals surface area contributed by atoms with Gasteiger partial charge in [-0.25, -0.2) is 4.79 Å². The predicted molar refractivity (Wildman–Crippen MR) is 93.3 cm³/mol. The average molecular weight is 323 g/mol. The lowest BCUT2D eigenvalue weighted by Crippen LogP contribution is -2.50. The largest absolute Gasteiger partial charge is 0.352 e. The van der Waals surface area contributed by atoms with Crippen LogP contribution in [-0.2, 0) is 0 Å². The summed E-state index contributed by atoms with van der Waals surface area (Å²) in [6.45, 7) is 2.93. The molecule has 0 spiro atoms. The van der Waals surface area contributed by atoms with E-state index in [1.165, 1.54) is 12.8 Å². The smallest absolute Gasteiger partial charge is 0.321 e. The van der Waals surface area contributed by atoms with Crippen LogP contribution in [0, 0.1) is 0 Å². The first-order chi connectivity index (χ1) is 11.8. The minimum absolute atomic E-state index is 0.0454. The number of hydrogen-bond donors (Lipinski definition) is 1. The molecule has 1 saturated heterocycles. The second-order valence-corrected chi connectivity index (χ2v) is 6.36. The van der Waals surface area contributed by atoms with Gasteiger partial charge in [0.2, 0.25) is 0 Å². The van der Waals surface area contributed by atoms with Gasteiger partial charge in [-0.1, -0.05) is 18.2 Å². The van der Waals surface area contributed by atoms with E-state index < -0.39 is 0 Å². The lowest BCUT2D eigenvalue weighted by molar-refractivity contribution is 0.208. The summed E-state index contributed by atoms with van der Waals surface area (Å²) in [7, 11) is 0. The van der Waals surface area contributed by atoms with Crippen LogP contribution in [-0.4, -0.2) is 47.3 Å². The Hall–Kier alpha value is -2.63. The van der Waals surface area contributed by atoms with Crippen molar-refractivity contribution >= 4 is 17.5 Å². The molecule has 2 fully saturated rings. The van der Waals surface area contributed by atoms with Gasteiger partial charge in [-0.3, -0.25) is 0 Å². The number of piperazine rings is 1. The molecule has 1 aromatic heterocycles. The van der Waals surface area contributed by atoms with Crippen LogP contribution in [0.15, 0.2) is 42.5 Å². The average Bonchev–Trinajstić information content (AvgIpc) is 3.48. The summed E-state index contributed by atoms with van der Waals surface area (Å²) in [4.78, 5) is 16.3. The molecule has 0 radical (unpaired) electrons. The molecule has 1 aromatic carbocycles. The van der Waals surface area contributed by atoms with Crippen LogP contribution < -0.4 is 10.2 Å². The van der Waals surface area contributed by atoms with Crippen molar-refractivity contribution in [3.63, 3.8) is 0 Å². The van der Waals surface area contributed by atoms with Crippen LogP contribution in [0.4, 0.5) is 16.3 Å². The number of carbonyl (C=O) groups is 1. The van der Waals surface area contributed by atoms with Crippen LogP contribution in [0.5, 0.6) is 0 Å². The summed E-state index contributed by atoms with van der Waals surface area (Å²) in [6.07, 6.45) is 2.48. The third kappa shape index (κ3) is 3.32. The number of nitrogens with zero attached hydrogens (tertiary/aromatic N) is 4. The molecule has 1 saturated carbocycles. The van der Waals surface area contributed by atoms with Gasteiger partial charge in [0.25, 0.3) is 0 Å². The zero-order valence-electron chi connectivity index (χ0n) is 13.6. The maximum Gasteiger partial charge on any atom is 0.321 e. The van der Waals surface area contributed by atoms with Crippen molar-refractivity contribution in [2.45, 2.75) is 18.8 Å². The monoisotopic (exact) mass is 323 g/mol. The quantitative estimate of drug-likeness (QED) is 0.943. The molecular weight excluding hydrogens is 302 g/mol. The first-order valence-corrected chi connectivity index (χ1v) is 8.49. The number of carbonyl (C=O) groups excluding carboxylic acids is 1. The van der Waals surface area contributed by atoms with E-state index in [0.29, 0.717) is 19.0 Å². The highest BCUT2D eigenvalue weighted by molar-refractivity contribution is 5.89. The first-order valence-electron chi connectivity index (χ1n) is 8.49. The molecule has 6 heteroatoms. The number of nitrogens with one attached hydrogen (secondary N) is 1. The molecule has 2 amide bonds. The Balaban J connectivity index is 1.31. The molecule has 1 aliphatic heterocycles. The fourth-order valence-electron chi connectivity index (χ4n) is 2.96. The molecule has 0 unspecified atom stereocenters. The molecule has 1 aliphatic carbocycles. The number of urea groups is 1. The maximum absolute atomic E-state index is 12.3. The third-order valence-corrected chi connectivity index (χ3v) is 4.58. The summed E-state index contributed by atoms with van der Waals surface area (Å²) < 4.78 is 0. The van der Waals surface area contributed by atoms with Crippen molar-refractivity contribution in [2.24, 2.45) is 0 Å². The van der Waals surface area contributed by atoms with E-state index in [1.807, 2.05) is 35.2 Å². The summed E-state index contributed by atoms with van der Waals surface area (Å²) in [6, 6.07) is 13.7. The Morgan fingerprint density at radius 1 is 0.958 bits per heavy atom. The number of aromatic nitrogens is 2. The van der Waals surface area contributed by atoms with Gasteiger partial charge in [0.05, 0.1) is 5.69 Å². The SMILES string of the molecule is O=C(Nc1ccccc1)N1CCN(c2ccc(C3CC3)nn2)CC1.